The Labute approximate surface area is 77.9 Å². The molecular weight excluding hydrogens is 146 g/mol. The predicted octanol–water partition coefficient (Wildman–Crippen LogP) is 3.06. The van der Waals surface area contributed by atoms with Crippen molar-refractivity contribution in [1.29, 1.82) is 0 Å². The Hall–Kier alpha value is -0.0400. The molecule has 1 nitrogen and oxygen atoms in total. The lowest BCUT2D eigenvalue weighted by Crippen LogP contribution is -2.26. The fourth-order valence-corrected chi connectivity index (χ4v) is 1.00. The van der Waals surface area contributed by atoms with Gasteiger partial charge in [-0.3, -0.25) is 0 Å². The normalized spacial score (nSPS) is 12.5. The van der Waals surface area contributed by atoms with E-state index in [1.807, 2.05) is 0 Å². The number of rotatable bonds is 6. The third-order valence-electron chi connectivity index (χ3n) is 2.94. The second-order valence-corrected chi connectivity index (χ2v) is 4.64. The summed E-state index contributed by atoms with van der Waals surface area (Å²) in [4.78, 5) is 0. The summed E-state index contributed by atoms with van der Waals surface area (Å²) < 4.78 is 0. The van der Waals surface area contributed by atoms with E-state index in [0.717, 1.165) is 12.5 Å². The summed E-state index contributed by atoms with van der Waals surface area (Å²) >= 11 is 0. The molecule has 0 aromatic carbocycles. The molecule has 1 heteroatoms. The third-order valence-corrected chi connectivity index (χ3v) is 2.94. The van der Waals surface area contributed by atoms with Gasteiger partial charge in [0, 0.05) is 0 Å². The molecule has 0 amide bonds. The van der Waals surface area contributed by atoms with E-state index in [-0.39, 0.29) is 0 Å². The Balaban J connectivity index is 3.47. The van der Waals surface area contributed by atoms with Gasteiger partial charge in [0.05, 0.1) is 0 Å². The molecule has 0 aromatic heterocycles. The lowest BCUT2D eigenvalue weighted by molar-refractivity contribution is 0.227. The third kappa shape index (κ3) is 4.76. The minimum atomic E-state index is 0.487. The van der Waals surface area contributed by atoms with Gasteiger partial charge in [-0.05, 0) is 37.3 Å². The maximum absolute atomic E-state index is 3.45. The summed E-state index contributed by atoms with van der Waals surface area (Å²) in [5.41, 5.74) is 0.487. The molecule has 0 heterocycles. The number of nitrogens with one attached hydrogen (secondary N) is 1. The van der Waals surface area contributed by atoms with E-state index in [4.69, 9.17) is 0 Å². The second kappa shape index (κ2) is 5.58. The maximum atomic E-state index is 3.45. The van der Waals surface area contributed by atoms with Crippen molar-refractivity contribution in [2.24, 2.45) is 11.3 Å². The van der Waals surface area contributed by atoms with Gasteiger partial charge in [-0.1, -0.05) is 34.6 Å². The molecule has 0 unspecified atom stereocenters. The Morgan fingerprint density at radius 3 is 2.17 bits per heavy atom. The number of hydrogen-bond acceptors (Lipinski definition) is 1. The zero-order valence-electron chi connectivity index (χ0n) is 9.41. The van der Waals surface area contributed by atoms with Crippen molar-refractivity contribution >= 4 is 0 Å². The lowest BCUT2D eigenvalue weighted by atomic mass is 9.78. The average molecular weight is 171 g/mol. The minimum absolute atomic E-state index is 0.487. The van der Waals surface area contributed by atoms with E-state index in [1.165, 1.54) is 19.4 Å². The minimum Gasteiger partial charge on any atom is -0.317 e. The van der Waals surface area contributed by atoms with Crippen LogP contribution in [0.1, 0.15) is 47.5 Å². The molecule has 0 aliphatic rings. The Kier molecular flexibility index (Phi) is 5.56. The van der Waals surface area contributed by atoms with Gasteiger partial charge in [-0.2, -0.15) is 0 Å². The van der Waals surface area contributed by atoms with Crippen molar-refractivity contribution in [3.63, 3.8) is 0 Å². The van der Waals surface area contributed by atoms with Crippen LogP contribution in [0.2, 0.25) is 0 Å². The summed E-state index contributed by atoms with van der Waals surface area (Å²) in [7, 11) is 0. The van der Waals surface area contributed by atoms with Crippen LogP contribution in [-0.4, -0.2) is 13.1 Å². The van der Waals surface area contributed by atoms with Gasteiger partial charge in [-0.25, -0.2) is 0 Å². The fourth-order valence-electron chi connectivity index (χ4n) is 1.00. The summed E-state index contributed by atoms with van der Waals surface area (Å²) in [6, 6.07) is 0. The molecule has 0 bridgehead atoms. The average Bonchev–Trinajstić information content (AvgIpc) is 1.98. The molecule has 0 saturated heterocycles. The highest BCUT2D eigenvalue weighted by atomic mass is 14.8. The van der Waals surface area contributed by atoms with Crippen LogP contribution in [-0.2, 0) is 0 Å². The van der Waals surface area contributed by atoms with Crippen LogP contribution in [0.5, 0.6) is 0 Å². The second-order valence-electron chi connectivity index (χ2n) is 4.64. The van der Waals surface area contributed by atoms with Crippen LogP contribution in [0.15, 0.2) is 0 Å². The van der Waals surface area contributed by atoms with Crippen LogP contribution < -0.4 is 5.32 Å². The molecule has 0 rings (SSSR count). The highest BCUT2D eigenvalue weighted by Crippen LogP contribution is 2.29. The van der Waals surface area contributed by atoms with E-state index < -0.39 is 0 Å². The summed E-state index contributed by atoms with van der Waals surface area (Å²) in [5.74, 6) is 0.779. The predicted molar refractivity (Wildman–Crippen MR) is 56.4 cm³/mol. The van der Waals surface area contributed by atoms with Crippen LogP contribution in [0.4, 0.5) is 0 Å². The summed E-state index contributed by atoms with van der Waals surface area (Å²) in [6.45, 7) is 13.9. The zero-order valence-corrected chi connectivity index (χ0v) is 9.41. The molecule has 0 saturated carbocycles. The zero-order chi connectivity index (χ0) is 9.61. The van der Waals surface area contributed by atoms with Gasteiger partial charge in [0.25, 0.3) is 0 Å². The molecule has 0 aliphatic heterocycles. The van der Waals surface area contributed by atoms with Gasteiger partial charge in [0.1, 0.15) is 0 Å². The first kappa shape index (κ1) is 12.0. The first-order valence-corrected chi connectivity index (χ1v) is 5.21. The van der Waals surface area contributed by atoms with Crippen LogP contribution >= 0.6 is 0 Å². The maximum Gasteiger partial charge on any atom is -0.00437 e. The monoisotopic (exact) mass is 171 g/mol. The molecule has 0 spiro atoms. The van der Waals surface area contributed by atoms with E-state index in [2.05, 4.69) is 39.9 Å². The van der Waals surface area contributed by atoms with Crippen LogP contribution in [0.25, 0.3) is 0 Å². The molecule has 0 radical (unpaired) electrons. The van der Waals surface area contributed by atoms with Crippen LogP contribution in [0.3, 0.4) is 0 Å². The Bertz CT molecular complexity index is 106. The first-order valence-electron chi connectivity index (χ1n) is 5.21. The van der Waals surface area contributed by atoms with Crippen LogP contribution in [0, 0.1) is 11.3 Å². The standard InChI is InChI=1S/C11H25N/c1-6-8-12-9-7-11(4,5)10(2)3/h10,12H,6-9H2,1-5H3. The Morgan fingerprint density at radius 1 is 1.17 bits per heavy atom. The van der Waals surface area contributed by atoms with E-state index in [9.17, 15) is 0 Å². The molecule has 1 N–H and O–H groups in total. The molecule has 0 aromatic rings. The molecule has 12 heavy (non-hydrogen) atoms. The van der Waals surface area contributed by atoms with Crippen molar-refractivity contribution in [1.82, 2.24) is 5.32 Å². The van der Waals surface area contributed by atoms with E-state index >= 15 is 0 Å². The summed E-state index contributed by atoms with van der Waals surface area (Å²) in [5, 5.41) is 3.45. The highest BCUT2D eigenvalue weighted by molar-refractivity contribution is 4.72. The fraction of sp³-hybridized carbons (Fsp3) is 1.00. The number of hydrogen-bond donors (Lipinski definition) is 1. The van der Waals surface area contributed by atoms with Gasteiger partial charge >= 0.3 is 0 Å². The molecule has 0 atom stereocenters. The quantitative estimate of drug-likeness (QED) is 0.606. The Morgan fingerprint density at radius 2 is 1.75 bits per heavy atom. The van der Waals surface area contributed by atoms with Gasteiger partial charge < -0.3 is 5.32 Å². The molecule has 0 aliphatic carbocycles. The molecular formula is C11H25N. The SMILES string of the molecule is CCCNCCC(C)(C)C(C)C. The highest BCUT2D eigenvalue weighted by Gasteiger charge is 2.20. The van der Waals surface area contributed by atoms with Crippen molar-refractivity contribution in [3.05, 3.63) is 0 Å². The van der Waals surface area contributed by atoms with Crippen molar-refractivity contribution < 1.29 is 0 Å². The van der Waals surface area contributed by atoms with Gasteiger partial charge in [0.2, 0.25) is 0 Å². The lowest BCUT2D eigenvalue weighted by Gasteiger charge is -2.29. The van der Waals surface area contributed by atoms with E-state index in [0.29, 0.717) is 5.41 Å². The molecule has 74 valence electrons. The van der Waals surface area contributed by atoms with E-state index in [1.54, 1.807) is 0 Å². The van der Waals surface area contributed by atoms with Gasteiger partial charge in [-0.15, -0.1) is 0 Å². The van der Waals surface area contributed by atoms with Crippen molar-refractivity contribution in [2.75, 3.05) is 13.1 Å². The van der Waals surface area contributed by atoms with Crippen molar-refractivity contribution in [3.8, 4) is 0 Å². The molecule has 0 fully saturated rings. The summed E-state index contributed by atoms with van der Waals surface area (Å²) in [6.07, 6.45) is 2.52. The topological polar surface area (TPSA) is 12.0 Å². The smallest absolute Gasteiger partial charge is 0.00437 e. The largest absolute Gasteiger partial charge is 0.317 e. The van der Waals surface area contributed by atoms with Gasteiger partial charge in [0.15, 0.2) is 0 Å². The van der Waals surface area contributed by atoms with Crippen molar-refractivity contribution in [2.45, 2.75) is 47.5 Å². The first-order chi connectivity index (χ1) is 5.50.